The summed E-state index contributed by atoms with van der Waals surface area (Å²) >= 11 is 0. The van der Waals surface area contributed by atoms with E-state index in [0.29, 0.717) is 23.5 Å². The normalized spacial score (nSPS) is 13.3. The molecule has 0 fully saturated rings. The number of nitrogens with one attached hydrogen (secondary N) is 1. The number of anilines is 1. The Morgan fingerprint density at radius 2 is 2.23 bits per heavy atom. The molecule has 0 bridgehead atoms. The molecule has 6 nitrogen and oxygen atoms in total. The van der Waals surface area contributed by atoms with Crippen molar-refractivity contribution in [2.24, 2.45) is 0 Å². The lowest BCUT2D eigenvalue weighted by atomic mass is 10.1. The summed E-state index contributed by atoms with van der Waals surface area (Å²) < 4.78 is 5.34. The van der Waals surface area contributed by atoms with Crippen LogP contribution in [0.3, 0.4) is 0 Å². The Bertz CT molecular complexity index is 716. The van der Waals surface area contributed by atoms with Crippen molar-refractivity contribution >= 4 is 17.5 Å². The van der Waals surface area contributed by atoms with Gasteiger partial charge in [-0.1, -0.05) is 6.07 Å². The Hall–Kier alpha value is -2.89. The van der Waals surface area contributed by atoms with E-state index < -0.39 is 0 Å². The molecule has 22 heavy (non-hydrogen) atoms. The van der Waals surface area contributed by atoms with Crippen molar-refractivity contribution in [3.05, 3.63) is 53.9 Å². The third-order valence-electron chi connectivity index (χ3n) is 3.46. The summed E-state index contributed by atoms with van der Waals surface area (Å²) in [6, 6.07) is 10.6. The lowest BCUT2D eigenvalue weighted by Gasteiger charge is -2.26. The van der Waals surface area contributed by atoms with Crippen LogP contribution in [0.25, 0.3) is 0 Å². The maximum atomic E-state index is 12.2. The van der Waals surface area contributed by atoms with Gasteiger partial charge < -0.3 is 15.0 Å². The number of carbonyl (C=O) groups excluding carboxylic acids is 2. The number of pyridine rings is 1. The first-order valence-corrected chi connectivity index (χ1v) is 6.86. The molecule has 1 aromatic carbocycles. The van der Waals surface area contributed by atoms with Crippen LogP contribution in [0.2, 0.25) is 0 Å². The lowest BCUT2D eigenvalue weighted by Crippen LogP contribution is -2.35. The van der Waals surface area contributed by atoms with Gasteiger partial charge in [-0.2, -0.15) is 0 Å². The quantitative estimate of drug-likeness (QED) is 0.928. The van der Waals surface area contributed by atoms with E-state index in [1.807, 2.05) is 18.2 Å². The lowest BCUT2D eigenvalue weighted by molar-refractivity contribution is -0.120. The first-order valence-electron chi connectivity index (χ1n) is 6.86. The Morgan fingerprint density at radius 1 is 1.36 bits per heavy atom. The van der Waals surface area contributed by atoms with Crippen molar-refractivity contribution in [2.45, 2.75) is 6.54 Å². The van der Waals surface area contributed by atoms with E-state index in [1.54, 1.807) is 31.4 Å². The fourth-order valence-electron chi connectivity index (χ4n) is 2.19. The number of nitrogens with zero attached hydrogens (tertiary/aromatic N) is 2. The highest BCUT2D eigenvalue weighted by atomic mass is 16.5. The van der Waals surface area contributed by atoms with Crippen LogP contribution in [0.5, 0.6) is 5.75 Å². The van der Waals surface area contributed by atoms with E-state index in [-0.39, 0.29) is 18.4 Å². The predicted octanol–water partition coefficient (Wildman–Crippen LogP) is 1.37. The van der Waals surface area contributed by atoms with Gasteiger partial charge in [0.25, 0.3) is 11.8 Å². The number of hydrogen-bond acceptors (Lipinski definition) is 4. The summed E-state index contributed by atoms with van der Waals surface area (Å²) in [4.78, 5) is 29.5. The van der Waals surface area contributed by atoms with Gasteiger partial charge in [0, 0.05) is 18.8 Å². The minimum absolute atomic E-state index is 0.0225. The molecule has 0 spiro atoms. The zero-order chi connectivity index (χ0) is 15.5. The molecule has 0 radical (unpaired) electrons. The molecule has 0 unspecified atom stereocenters. The Morgan fingerprint density at radius 3 is 3.00 bits per heavy atom. The molecular weight excluding hydrogens is 282 g/mol. The molecule has 6 heteroatoms. The number of rotatable bonds is 3. The van der Waals surface area contributed by atoms with Crippen molar-refractivity contribution in [3.8, 4) is 5.75 Å². The maximum Gasteiger partial charge on any atom is 0.264 e. The Balaban J connectivity index is 1.75. The van der Waals surface area contributed by atoms with E-state index in [4.69, 9.17) is 4.74 Å². The largest absolute Gasteiger partial charge is 0.482 e. The summed E-state index contributed by atoms with van der Waals surface area (Å²) in [6.45, 7) is 0.372. The first-order chi connectivity index (χ1) is 10.6. The van der Waals surface area contributed by atoms with E-state index >= 15 is 0 Å². The van der Waals surface area contributed by atoms with Crippen LogP contribution in [-0.4, -0.2) is 30.5 Å². The third-order valence-corrected chi connectivity index (χ3v) is 3.46. The van der Waals surface area contributed by atoms with E-state index in [1.165, 1.54) is 4.90 Å². The third kappa shape index (κ3) is 2.76. The summed E-state index contributed by atoms with van der Waals surface area (Å²) in [6.07, 6.45) is 1.68. The summed E-state index contributed by atoms with van der Waals surface area (Å²) in [7, 11) is 1.67. The number of fused-ring (bicyclic) bond motifs is 1. The van der Waals surface area contributed by atoms with Crippen molar-refractivity contribution < 1.29 is 14.3 Å². The van der Waals surface area contributed by atoms with Crippen LogP contribution in [0.15, 0.2) is 42.6 Å². The predicted molar refractivity (Wildman–Crippen MR) is 80.8 cm³/mol. The number of likely N-dealkylation sites (N-methyl/N-ethyl adjacent to an activating group) is 1. The maximum absolute atomic E-state index is 12.2. The average Bonchev–Trinajstić information content (AvgIpc) is 2.57. The van der Waals surface area contributed by atoms with Crippen molar-refractivity contribution in [2.75, 3.05) is 18.6 Å². The fraction of sp³-hybridized carbons (Fsp3) is 0.188. The standard InChI is InChI=1S/C16H15N3O3/c1-19-13-8-11(5-6-14(13)22-10-15(19)20)16(21)18-9-12-4-2-3-7-17-12/h2-8H,9-10H2,1H3,(H,18,21). The smallest absolute Gasteiger partial charge is 0.264 e. The van der Waals surface area contributed by atoms with Gasteiger partial charge in [0.05, 0.1) is 17.9 Å². The van der Waals surface area contributed by atoms with Crippen LogP contribution in [-0.2, 0) is 11.3 Å². The summed E-state index contributed by atoms with van der Waals surface area (Å²) in [5.41, 5.74) is 1.85. The van der Waals surface area contributed by atoms with Gasteiger partial charge in [-0.15, -0.1) is 0 Å². The molecule has 0 saturated carbocycles. The van der Waals surface area contributed by atoms with Gasteiger partial charge in [0.1, 0.15) is 5.75 Å². The molecule has 1 aromatic heterocycles. The second-order valence-electron chi connectivity index (χ2n) is 4.93. The second-order valence-corrected chi connectivity index (χ2v) is 4.93. The molecular formula is C16H15N3O3. The molecule has 0 atom stereocenters. The summed E-state index contributed by atoms with van der Waals surface area (Å²) in [5, 5.41) is 2.80. The van der Waals surface area contributed by atoms with Gasteiger partial charge >= 0.3 is 0 Å². The molecule has 2 heterocycles. The van der Waals surface area contributed by atoms with Gasteiger partial charge in [-0.3, -0.25) is 14.6 Å². The van der Waals surface area contributed by atoms with Gasteiger partial charge in [-0.25, -0.2) is 0 Å². The highest BCUT2D eigenvalue weighted by Crippen LogP contribution is 2.31. The molecule has 3 rings (SSSR count). The molecule has 0 aliphatic carbocycles. The van der Waals surface area contributed by atoms with Gasteiger partial charge in [0.15, 0.2) is 6.61 Å². The number of carbonyl (C=O) groups is 2. The number of ether oxygens (including phenoxy) is 1. The number of amides is 2. The zero-order valence-electron chi connectivity index (χ0n) is 12.1. The number of benzene rings is 1. The highest BCUT2D eigenvalue weighted by molar-refractivity contribution is 6.00. The van der Waals surface area contributed by atoms with E-state index in [9.17, 15) is 9.59 Å². The minimum atomic E-state index is -0.222. The number of aromatic nitrogens is 1. The number of hydrogen-bond donors (Lipinski definition) is 1. The molecule has 112 valence electrons. The van der Waals surface area contributed by atoms with Crippen molar-refractivity contribution in [1.82, 2.24) is 10.3 Å². The average molecular weight is 297 g/mol. The van der Waals surface area contributed by atoms with Gasteiger partial charge in [-0.05, 0) is 30.3 Å². The van der Waals surface area contributed by atoms with Crippen molar-refractivity contribution in [3.63, 3.8) is 0 Å². The Labute approximate surface area is 127 Å². The first kappa shape index (κ1) is 14.1. The Kier molecular flexibility index (Phi) is 3.74. The van der Waals surface area contributed by atoms with E-state index in [2.05, 4.69) is 10.3 Å². The molecule has 2 amide bonds. The van der Waals surface area contributed by atoms with Crippen LogP contribution in [0.4, 0.5) is 5.69 Å². The molecule has 1 aliphatic heterocycles. The molecule has 1 aliphatic rings. The molecule has 0 saturated heterocycles. The zero-order valence-corrected chi connectivity index (χ0v) is 12.1. The minimum Gasteiger partial charge on any atom is -0.482 e. The topological polar surface area (TPSA) is 71.5 Å². The SMILES string of the molecule is CN1C(=O)COc2ccc(C(=O)NCc3ccccn3)cc21. The van der Waals surface area contributed by atoms with Crippen LogP contribution >= 0.6 is 0 Å². The van der Waals surface area contributed by atoms with Crippen LogP contribution < -0.4 is 15.0 Å². The monoisotopic (exact) mass is 297 g/mol. The second kappa shape index (κ2) is 5.85. The van der Waals surface area contributed by atoms with Crippen LogP contribution in [0.1, 0.15) is 16.1 Å². The fourth-order valence-corrected chi connectivity index (χ4v) is 2.19. The van der Waals surface area contributed by atoms with Crippen molar-refractivity contribution in [1.29, 1.82) is 0 Å². The molecule has 1 N–H and O–H groups in total. The van der Waals surface area contributed by atoms with Gasteiger partial charge in [0.2, 0.25) is 0 Å². The summed E-state index contributed by atoms with van der Waals surface area (Å²) in [5.74, 6) is 0.238. The molecule has 2 aromatic rings. The highest BCUT2D eigenvalue weighted by Gasteiger charge is 2.23. The van der Waals surface area contributed by atoms with Crippen LogP contribution in [0, 0.1) is 0 Å². The van der Waals surface area contributed by atoms with E-state index in [0.717, 1.165) is 5.69 Å².